The van der Waals surface area contributed by atoms with Crippen LogP contribution in [0.3, 0.4) is 0 Å². The number of aryl methyl sites for hydroxylation is 2. The van der Waals surface area contributed by atoms with Crippen LogP contribution in [0.2, 0.25) is 0 Å². The Labute approximate surface area is 156 Å². The van der Waals surface area contributed by atoms with Crippen molar-refractivity contribution in [1.29, 1.82) is 0 Å². The normalized spacial score (nSPS) is 16.2. The van der Waals surface area contributed by atoms with Gasteiger partial charge in [-0.15, -0.1) is 0 Å². The predicted molar refractivity (Wildman–Crippen MR) is 104 cm³/mol. The van der Waals surface area contributed by atoms with Gasteiger partial charge in [0.2, 0.25) is 5.88 Å². The first-order chi connectivity index (χ1) is 12.3. The Kier molecular flexibility index (Phi) is 5.47. The van der Waals surface area contributed by atoms with Crippen molar-refractivity contribution in [1.82, 2.24) is 9.97 Å². The summed E-state index contributed by atoms with van der Waals surface area (Å²) in [5, 5.41) is 10.9. The first-order valence-corrected chi connectivity index (χ1v) is 9.28. The van der Waals surface area contributed by atoms with Crippen molar-refractivity contribution in [2.24, 2.45) is 5.92 Å². The number of anilines is 1. The Bertz CT molecular complexity index is 757. The fourth-order valence-corrected chi connectivity index (χ4v) is 3.20. The summed E-state index contributed by atoms with van der Waals surface area (Å²) in [5.41, 5.74) is 2.04. The smallest absolute Gasteiger partial charge is 0.213 e. The zero-order valence-corrected chi connectivity index (χ0v) is 16.2. The minimum atomic E-state index is -0.887. The van der Waals surface area contributed by atoms with Gasteiger partial charge in [0, 0.05) is 37.5 Å². The second-order valence-electron chi connectivity index (χ2n) is 7.88. The van der Waals surface area contributed by atoms with Gasteiger partial charge in [0.15, 0.2) is 0 Å². The third-order valence-electron chi connectivity index (χ3n) is 4.58. The van der Waals surface area contributed by atoms with E-state index in [0.29, 0.717) is 24.8 Å². The molecule has 26 heavy (non-hydrogen) atoms. The lowest BCUT2D eigenvalue weighted by Crippen LogP contribution is -2.41. The summed E-state index contributed by atoms with van der Waals surface area (Å²) in [5.74, 6) is 2.22. The number of ether oxygens (including phenoxy) is 1. The number of rotatable bonds is 8. The molecule has 0 radical (unpaired) electrons. The Morgan fingerprint density at radius 3 is 2.65 bits per heavy atom. The van der Waals surface area contributed by atoms with Gasteiger partial charge in [0.25, 0.3) is 0 Å². The molecule has 0 amide bonds. The fraction of sp³-hybridized carbons (Fsp3) is 0.524. The summed E-state index contributed by atoms with van der Waals surface area (Å²) in [7, 11) is 1.96. The number of aliphatic hydroxyl groups is 1. The van der Waals surface area contributed by atoms with Gasteiger partial charge in [-0.1, -0.05) is 6.07 Å². The van der Waals surface area contributed by atoms with Gasteiger partial charge in [-0.05, 0) is 63.3 Å². The maximum atomic E-state index is 10.9. The van der Waals surface area contributed by atoms with Crippen LogP contribution in [-0.2, 0) is 6.42 Å². The molecule has 5 nitrogen and oxygen atoms in total. The summed E-state index contributed by atoms with van der Waals surface area (Å²) in [4.78, 5) is 11.0. The highest BCUT2D eigenvalue weighted by atomic mass is 16.5. The van der Waals surface area contributed by atoms with Crippen LogP contribution in [0.4, 0.5) is 5.82 Å². The molecule has 0 spiro atoms. The SMILES string of the molecule is Cc1cc(CC(C)(O)CN(C)c2cccc(C)n2)cc(OCC2CC2)n1. The number of likely N-dealkylation sites (N-methyl/N-ethyl adjacent to an activating group) is 1. The molecule has 1 unspecified atom stereocenters. The molecule has 1 aliphatic carbocycles. The van der Waals surface area contributed by atoms with Gasteiger partial charge in [0.05, 0.1) is 12.2 Å². The molecule has 2 aromatic rings. The van der Waals surface area contributed by atoms with E-state index in [-0.39, 0.29) is 0 Å². The van der Waals surface area contributed by atoms with Gasteiger partial charge in [0.1, 0.15) is 5.82 Å². The lowest BCUT2D eigenvalue weighted by Gasteiger charge is -2.30. The molecule has 0 saturated heterocycles. The van der Waals surface area contributed by atoms with E-state index < -0.39 is 5.60 Å². The molecule has 1 aliphatic rings. The summed E-state index contributed by atoms with van der Waals surface area (Å²) in [6.45, 7) is 7.03. The maximum absolute atomic E-state index is 10.9. The van der Waals surface area contributed by atoms with Crippen LogP contribution in [0, 0.1) is 19.8 Å². The molecule has 1 N–H and O–H groups in total. The molecule has 0 aliphatic heterocycles. The van der Waals surface area contributed by atoms with Crippen LogP contribution in [-0.4, -0.2) is 40.9 Å². The molecule has 1 atom stereocenters. The van der Waals surface area contributed by atoms with E-state index in [4.69, 9.17) is 4.74 Å². The molecule has 3 rings (SSSR count). The summed E-state index contributed by atoms with van der Waals surface area (Å²) in [6, 6.07) is 9.89. The topological polar surface area (TPSA) is 58.5 Å². The fourth-order valence-electron chi connectivity index (χ4n) is 3.20. The van der Waals surface area contributed by atoms with Crippen molar-refractivity contribution in [3.8, 4) is 5.88 Å². The summed E-state index contributed by atoms with van der Waals surface area (Å²) < 4.78 is 5.82. The Morgan fingerprint density at radius 2 is 1.96 bits per heavy atom. The zero-order chi connectivity index (χ0) is 18.7. The van der Waals surface area contributed by atoms with Gasteiger partial charge < -0.3 is 14.7 Å². The molecule has 0 aromatic carbocycles. The largest absolute Gasteiger partial charge is 0.477 e. The molecule has 1 fully saturated rings. The predicted octanol–water partition coefficient (Wildman–Crippen LogP) is 3.31. The minimum absolute atomic E-state index is 0.489. The highest BCUT2D eigenvalue weighted by Gasteiger charge is 2.25. The van der Waals surface area contributed by atoms with Crippen molar-refractivity contribution in [3.63, 3.8) is 0 Å². The molecule has 140 valence electrons. The highest BCUT2D eigenvalue weighted by molar-refractivity contribution is 5.39. The Balaban J connectivity index is 1.65. The van der Waals surface area contributed by atoms with Crippen molar-refractivity contribution < 1.29 is 9.84 Å². The van der Waals surface area contributed by atoms with E-state index in [9.17, 15) is 5.11 Å². The van der Waals surface area contributed by atoms with Crippen molar-refractivity contribution in [2.45, 2.75) is 45.6 Å². The Hall–Kier alpha value is -2.14. The lowest BCUT2D eigenvalue weighted by atomic mass is 9.96. The van der Waals surface area contributed by atoms with Gasteiger partial charge in [-0.25, -0.2) is 9.97 Å². The van der Waals surface area contributed by atoms with E-state index in [2.05, 4.69) is 9.97 Å². The molecular weight excluding hydrogens is 326 g/mol. The van der Waals surface area contributed by atoms with Crippen molar-refractivity contribution in [3.05, 3.63) is 47.3 Å². The van der Waals surface area contributed by atoms with Gasteiger partial charge in [-0.2, -0.15) is 0 Å². The van der Waals surface area contributed by atoms with E-state index >= 15 is 0 Å². The van der Waals surface area contributed by atoms with Crippen LogP contribution in [0.1, 0.15) is 36.7 Å². The molecule has 2 heterocycles. The van der Waals surface area contributed by atoms with Crippen LogP contribution >= 0.6 is 0 Å². The van der Waals surface area contributed by atoms with Crippen molar-refractivity contribution >= 4 is 5.82 Å². The second-order valence-corrected chi connectivity index (χ2v) is 7.88. The van der Waals surface area contributed by atoms with E-state index in [1.54, 1.807) is 0 Å². The minimum Gasteiger partial charge on any atom is -0.477 e. The number of hydrogen-bond acceptors (Lipinski definition) is 5. The Morgan fingerprint density at radius 1 is 1.19 bits per heavy atom. The third-order valence-corrected chi connectivity index (χ3v) is 4.58. The quantitative estimate of drug-likeness (QED) is 0.787. The zero-order valence-electron chi connectivity index (χ0n) is 16.2. The van der Waals surface area contributed by atoms with Gasteiger partial charge in [-0.3, -0.25) is 0 Å². The van der Waals surface area contributed by atoms with E-state index in [1.807, 2.05) is 63.1 Å². The van der Waals surface area contributed by atoms with Gasteiger partial charge >= 0.3 is 0 Å². The lowest BCUT2D eigenvalue weighted by molar-refractivity contribution is 0.0682. The number of aromatic nitrogens is 2. The molecule has 0 bridgehead atoms. The average Bonchev–Trinajstić information content (AvgIpc) is 3.35. The second kappa shape index (κ2) is 7.62. The average molecular weight is 355 g/mol. The molecule has 5 heteroatoms. The number of pyridine rings is 2. The summed E-state index contributed by atoms with van der Waals surface area (Å²) >= 11 is 0. The van der Waals surface area contributed by atoms with Crippen LogP contribution in [0.5, 0.6) is 5.88 Å². The molecular formula is C21H29N3O2. The van der Waals surface area contributed by atoms with Crippen LogP contribution < -0.4 is 9.64 Å². The van der Waals surface area contributed by atoms with E-state index in [1.165, 1.54) is 12.8 Å². The third kappa shape index (κ3) is 5.43. The van der Waals surface area contributed by atoms with E-state index in [0.717, 1.165) is 29.4 Å². The highest BCUT2D eigenvalue weighted by Crippen LogP contribution is 2.29. The van der Waals surface area contributed by atoms with Crippen molar-refractivity contribution in [2.75, 3.05) is 25.1 Å². The first-order valence-electron chi connectivity index (χ1n) is 9.28. The first kappa shape index (κ1) is 18.6. The maximum Gasteiger partial charge on any atom is 0.213 e. The summed E-state index contributed by atoms with van der Waals surface area (Å²) in [6.07, 6.45) is 3.05. The molecule has 2 aromatic heterocycles. The molecule has 1 saturated carbocycles. The number of hydrogen-bond donors (Lipinski definition) is 1. The van der Waals surface area contributed by atoms with Crippen LogP contribution in [0.15, 0.2) is 30.3 Å². The number of nitrogens with zero attached hydrogens (tertiary/aromatic N) is 3. The standard InChI is InChI=1S/C21H29N3O2/c1-15-6-5-7-19(22-15)24(4)14-21(3,25)12-18-10-16(2)23-20(11-18)26-13-17-8-9-17/h5-7,10-11,17,25H,8-9,12-14H2,1-4H3. The monoisotopic (exact) mass is 355 g/mol. The van der Waals surface area contributed by atoms with Crippen LogP contribution in [0.25, 0.3) is 0 Å².